The number of imidazole rings is 1. The molecule has 0 aliphatic heterocycles. The number of fused-ring (bicyclic) bond motifs is 1. The van der Waals surface area contributed by atoms with E-state index >= 15 is 0 Å². The van der Waals surface area contributed by atoms with Crippen LogP contribution in [-0.4, -0.2) is 16.3 Å². The number of benzene rings is 1. The zero-order chi connectivity index (χ0) is 11.0. The topological polar surface area (TPSA) is 29.9 Å². The van der Waals surface area contributed by atoms with Gasteiger partial charge in [-0.1, -0.05) is 11.6 Å². The lowest BCUT2D eigenvalue weighted by atomic mass is 10.3. The summed E-state index contributed by atoms with van der Waals surface area (Å²) in [5, 5.41) is 0.489. The lowest BCUT2D eigenvalue weighted by molar-refractivity contribution is -0.130. The molecule has 0 radical (unpaired) electrons. The molecule has 0 bridgehead atoms. The van der Waals surface area contributed by atoms with Crippen LogP contribution in [0.4, 0.5) is 8.78 Å². The maximum Gasteiger partial charge on any atom is 0.405 e. The van der Waals surface area contributed by atoms with E-state index in [-0.39, 0.29) is 4.77 Å². The molecule has 1 N–H and O–H groups in total. The minimum Gasteiger partial charge on any atom is -0.341 e. The van der Waals surface area contributed by atoms with E-state index in [0.29, 0.717) is 16.1 Å². The summed E-state index contributed by atoms with van der Waals surface area (Å²) < 4.78 is 25.0. The van der Waals surface area contributed by atoms with Crippen LogP contribution >= 0.6 is 23.8 Å². The van der Waals surface area contributed by atoms with E-state index in [9.17, 15) is 8.78 Å². The largest absolute Gasteiger partial charge is 0.405 e. The van der Waals surface area contributed by atoms with E-state index in [1.807, 2.05) is 0 Å². The summed E-state index contributed by atoms with van der Waals surface area (Å²) in [6.07, 6.45) is 0. The highest BCUT2D eigenvalue weighted by Crippen LogP contribution is 2.18. The summed E-state index contributed by atoms with van der Waals surface area (Å²) in [6, 6.07) is 4.70. The number of nitrogens with zero attached hydrogens (tertiary/aromatic N) is 1. The lowest BCUT2D eigenvalue weighted by Gasteiger charge is -2.04. The van der Waals surface area contributed by atoms with Crippen LogP contribution in [0.3, 0.4) is 0 Å². The molecule has 1 heterocycles. The van der Waals surface area contributed by atoms with Crippen LogP contribution in [-0.2, 0) is 0 Å². The van der Waals surface area contributed by atoms with Crippen molar-refractivity contribution in [3.8, 4) is 0 Å². The van der Waals surface area contributed by atoms with Crippen LogP contribution in [0.2, 0.25) is 5.02 Å². The van der Waals surface area contributed by atoms with Crippen molar-refractivity contribution in [1.29, 1.82) is 0 Å². The van der Waals surface area contributed by atoms with Crippen molar-refractivity contribution in [2.75, 3.05) is 0 Å². The summed E-state index contributed by atoms with van der Waals surface area (Å²) in [5.74, 6) is 0. The van der Waals surface area contributed by atoms with Gasteiger partial charge < -0.3 is 9.82 Å². The summed E-state index contributed by atoms with van der Waals surface area (Å²) in [4.78, 5) is 6.95. The third kappa shape index (κ3) is 1.95. The Morgan fingerprint density at radius 1 is 1.47 bits per heavy atom. The fourth-order valence-electron chi connectivity index (χ4n) is 1.25. The van der Waals surface area contributed by atoms with Crippen LogP contribution in [0.25, 0.3) is 11.0 Å². The van der Waals surface area contributed by atoms with Gasteiger partial charge >= 0.3 is 6.61 Å². The minimum atomic E-state index is -2.92. The van der Waals surface area contributed by atoms with E-state index in [4.69, 9.17) is 23.8 Å². The second-order valence-corrected chi connectivity index (χ2v) is 3.58. The molecule has 0 atom stereocenters. The van der Waals surface area contributed by atoms with Crippen molar-refractivity contribution in [1.82, 2.24) is 9.71 Å². The zero-order valence-corrected chi connectivity index (χ0v) is 8.78. The summed E-state index contributed by atoms with van der Waals surface area (Å²) in [6.45, 7) is -2.92. The van der Waals surface area contributed by atoms with Gasteiger partial charge in [-0.3, -0.25) is 0 Å². The van der Waals surface area contributed by atoms with Crippen LogP contribution in [0, 0.1) is 4.77 Å². The second-order valence-electron chi connectivity index (χ2n) is 2.75. The Balaban J connectivity index is 2.63. The number of hydrogen-bond acceptors (Lipinski definition) is 2. The number of rotatable bonds is 2. The van der Waals surface area contributed by atoms with Gasteiger partial charge in [0.05, 0.1) is 5.52 Å². The number of nitrogens with one attached hydrogen (secondary N) is 1. The summed E-state index contributed by atoms with van der Waals surface area (Å²) in [5.41, 5.74) is 0.970. The van der Waals surface area contributed by atoms with Crippen LogP contribution < -0.4 is 4.84 Å². The van der Waals surface area contributed by atoms with E-state index in [2.05, 4.69) is 9.82 Å². The molecule has 1 aromatic carbocycles. The maximum absolute atomic E-state index is 12.1. The van der Waals surface area contributed by atoms with E-state index in [0.717, 1.165) is 4.73 Å². The van der Waals surface area contributed by atoms with Crippen molar-refractivity contribution in [2.24, 2.45) is 0 Å². The Bertz CT molecular complexity index is 551. The van der Waals surface area contributed by atoms with E-state index < -0.39 is 6.61 Å². The molecule has 0 fully saturated rings. The molecule has 7 heteroatoms. The molecule has 1 aromatic heterocycles. The van der Waals surface area contributed by atoms with Crippen LogP contribution in [0.1, 0.15) is 0 Å². The highest BCUT2D eigenvalue weighted by atomic mass is 35.5. The third-order valence-electron chi connectivity index (χ3n) is 1.79. The normalized spacial score (nSPS) is 11.2. The molecule has 15 heavy (non-hydrogen) atoms. The van der Waals surface area contributed by atoms with Crippen LogP contribution in [0.5, 0.6) is 0 Å². The first-order valence-electron chi connectivity index (χ1n) is 3.93. The monoisotopic (exact) mass is 250 g/mol. The first-order valence-corrected chi connectivity index (χ1v) is 4.72. The standard InChI is InChI=1S/C8H5ClF2N2OS/c9-4-1-2-6-5(3-4)12-8(15)13(6)14-7(10)11/h1-3,7H,(H,12,15). The van der Waals surface area contributed by atoms with Crippen LogP contribution in [0.15, 0.2) is 18.2 Å². The van der Waals surface area contributed by atoms with Gasteiger partial charge in [-0.05, 0) is 30.4 Å². The Morgan fingerprint density at radius 3 is 2.87 bits per heavy atom. The van der Waals surface area contributed by atoms with Crippen molar-refractivity contribution < 1.29 is 13.6 Å². The lowest BCUT2D eigenvalue weighted by Crippen LogP contribution is -2.16. The number of halogens is 3. The van der Waals surface area contributed by atoms with Gasteiger partial charge in [0.2, 0.25) is 4.77 Å². The molecule has 0 unspecified atom stereocenters. The van der Waals surface area contributed by atoms with Gasteiger partial charge in [-0.25, -0.2) is 0 Å². The first kappa shape index (κ1) is 10.4. The number of aromatic nitrogens is 2. The quantitative estimate of drug-likeness (QED) is 0.831. The Morgan fingerprint density at radius 2 is 2.20 bits per heavy atom. The molecule has 0 saturated carbocycles. The van der Waals surface area contributed by atoms with Crippen molar-refractivity contribution in [3.63, 3.8) is 0 Å². The molecule has 80 valence electrons. The highest BCUT2D eigenvalue weighted by molar-refractivity contribution is 7.71. The minimum absolute atomic E-state index is 0.0626. The molecule has 2 aromatic rings. The molecule has 3 nitrogen and oxygen atoms in total. The van der Waals surface area contributed by atoms with E-state index in [1.165, 1.54) is 0 Å². The average molecular weight is 251 g/mol. The van der Waals surface area contributed by atoms with Gasteiger partial charge in [0, 0.05) is 5.02 Å². The molecular weight excluding hydrogens is 246 g/mol. The molecule has 0 saturated heterocycles. The van der Waals surface area contributed by atoms with Crippen molar-refractivity contribution in [3.05, 3.63) is 28.0 Å². The number of alkyl halides is 2. The average Bonchev–Trinajstić information content (AvgIpc) is 2.41. The molecule has 0 amide bonds. The Hall–Kier alpha value is -1.14. The van der Waals surface area contributed by atoms with Gasteiger partial charge in [0.1, 0.15) is 5.52 Å². The van der Waals surface area contributed by atoms with Gasteiger partial charge in [-0.15, -0.1) is 4.73 Å². The Kier molecular flexibility index (Phi) is 2.62. The predicted octanol–water partition coefficient (Wildman–Crippen LogP) is 3.00. The van der Waals surface area contributed by atoms with E-state index in [1.54, 1.807) is 18.2 Å². The molecule has 0 aliphatic rings. The SMILES string of the molecule is FC(F)On1c(=S)[nH]c2cc(Cl)ccc21. The molecule has 2 rings (SSSR count). The third-order valence-corrected chi connectivity index (χ3v) is 2.29. The van der Waals surface area contributed by atoms with Crippen molar-refractivity contribution >= 4 is 34.9 Å². The predicted molar refractivity (Wildman–Crippen MR) is 54.7 cm³/mol. The summed E-state index contributed by atoms with van der Waals surface area (Å²) >= 11 is 10.6. The fraction of sp³-hybridized carbons (Fsp3) is 0.125. The highest BCUT2D eigenvalue weighted by Gasteiger charge is 2.10. The molecular formula is C8H5ClF2N2OS. The zero-order valence-electron chi connectivity index (χ0n) is 7.21. The van der Waals surface area contributed by atoms with Crippen molar-refractivity contribution in [2.45, 2.75) is 6.61 Å². The van der Waals surface area contributed by atoms with Gasteiger partial charge in [0.25, 0.3) is 0 Å². The first-order chi connectivity index (χ1) is 7.08. The number of H-pyrrole nitrogens is 1. The number of aromatic amines is 1. The maximum atomic E-state index is 12.1. The summed E-state index contributed by atoms with van der Waals surface area (Å²) in [7, 11) is 0. The van der Waals surface area contributed by atoms with Gasteiger partial charge in [-0.2, -0.15) is 8.78 Å². The second kappa shape index (κ2) is 3.79. The van der Waals surface area contributed by atoms with Gasteiger partial charge in [0.15, 0.2) is 0 Å². The number of hydrogen-bond donors (Lipinski definition) is 1. The smallest absolute Gasteiger partial charge is 0.341 e. The fourth-order valence-corrected chi connectivity index (χ4v) is 1.67. The molecule has 0 spiro atoms. The molecule has 0 aliphatic carbocycles. The Labute approximate surface area is 93.2 Å².